The smallest absolute Gasteiger partial charge is 0.178 e. The molecule has 6 heteroatoms. The van der Waals surface area contributed by atoms with Gasteiger partial charge in [-0.15, -0.1) is 11.3 Å². The molecule has 2 aromatic rings. The average Bonchev–Trinajstić information content (AvgIpc) is 2.92. The first kappa shape index (κ1) is 15.1. The summed E-state index contributed by atoms with van der Waals surface area (Å²) >= 11 is 6.21. The maximum Gasteiger partial charge on any atom is 0.178 e. The molecule has 0 amide bonds. The van der Waals surface area contributed by atoms with Crippen LogP contribution in [0.4, 0.5) is 0 Å². The number of nitrogens with zero attached hydrogens (tertiary/aromatic N) is 1. The number of hydrogen-bond acceptors (Lipinski definition) is 6. The lowest BCUT2D eigenvalue weighted by Crippen LogP contribution is -2.23. The minimum atomic E-state index is 0.700. The van der Waals surface area contributed by atoms with Crippen LogP contribution in [-0.4, -0.2) is 15.6 Å². The van der Waals surface area contributed by atoms with Gasteiger partial charge in [-0.3, -0.25) is 4.72 Å². The van der Waals surface area contributed by atoms with E-state index in [0.717, 1.165) is 10.2 Å². The predicted octanol–water partition coefficient (Wildman–Crippen LogP) is 4.61. The third-order valence-electron chi connectivity index (χ3n) is 3.14. The van der Waals surface area contributed by atoms with E-state index in [2.05, 4.69) is 22.5 Å². The molecule has 0 unspecified atom stereocenters. The van der Waals surface area contributed by atoms with Gasteiger partial charge >= 0.3 is 0 Å². The van der Waals surface area contributed by atoms with E-state index in [1.54, 1.807) is 0 Å². The molecular weight excluding hydrogens is 296 g/mol. The zero-order chi connectivity index (χ0) is 13.5. The van der Waals surface area contributed by atoms with Crippen molar-refractivity contribution in [1.82, 2.24) is 9.71 Å². The fourth-order valence-electron chi connectivity index (χ4n) is 2.12. The number of aromatic nitrogens is 1. The number of fused-ring (bicyclic) bond motifs is 1. The lowest BCUT2D eigenvalue weighted by molar-refractivity contribution is 0.424. The summed E-state index contributed by atoms with van der Waals surface area (Å²) in [5.41, 5.74) is 0.953. The highest BCUT2D eigenvalue weighted by molar-refractivity contribution is 7.95. The number of thiol groups is 1. The Hall–Kier alpha value is -0.270. The third-order valence-corrected chi connectivity index (χ3v) is 5.06. The van der Waals surface area contributed by atoms with E-state index in [0.29, 0.717) is 22.4 Å². The first-order valence-corrected chi connectivity index (χ1v) is 8.44. The van der Waals surface area contributed by atoms with Gasteiger partial charge in [0.15, 0.2) is 4.34 Å². The summed E-state index contributed by atoms with van der Waals surface area (Å²) in [6.45, 7) is 0. The molecule has 1 fully saturated rings. The van der Waals surface area contributed by atoms with Crippen molar-refractivity contribution in [2.75, 3.05) is 0 Å². The molecule has 1 heterocycles. The average molecular weight is 315 g/mol. The molecule has 1 aliphatic rings. The SMILES string of the molecule is OSc1nc2ccccc2s1.SNC1CCCCC1. The van der Waals surface area contributed by atoms with E-state index in [-0.39, 0.29) is 0 Å². The quantitative estimate of drug-likeness (QED) is 0.559. The molecule has 0 bridgehead atoms. The van der Waals surface area contributed by atoms with Crippen molar-refractivity contribution in [3.63, 3.8) is 0 Å². The summed E-state index contributed by atoms with van der Waals surface area (Å²) in [6, 6.07) is 8.53. The van der Waals surface area contributed by atoms with Crippen LogP contribution in [0.5, 0.6) is 0 Å². The lowest BCUT2D eigenvalue weighted by Gasteiger charge is -2.19. The number of rotatable bonds is 2. The van der Waals surface area contributed by atoms with Gasteiger partial charge in [0.25, 0.3) is 0 Å². The molecule has 0 saturated heterocycles. The Morgan fingerprint density at radius 3 is 2.58 bits per heavy atom. The topological polar surface area (TPSA) is 45.2 Å². The van der Waals surface area contributed by atoms with Crippen LogP contribution in [0, 0.1) is 0 Å². The Labute approximate surface area is 127 Å². The van der Waals surface area contributed by atoms with Crippen molar-refractivity contribution < 1.29 is 4.55 Å². The summed E-state index contributed by atoms with van der Waals surface area (Å²) in [7, 11) is 0. The Kier molecular flexibility index (Phi) is 6.46. The summed E-state index contributed by atoms with van der Waals surface area (Å²) in [5, 5.41) is 0. The highest BCUT2D eigenvalue weighted by Gasteiger charge is 2.09. The highest BCUT2D eigenvalue weighted by Crippen LogP contribution is 2.27. The van der Waals surface area contributed by atoms with Gasteiger partial charge in [-0.1, -0.05) is 44.2 Å². The Bertz CT molecular complexity index is 464. The normalized spacial score (nSPS) is 16.1. The maximum absolute atomic E-state index is 8.70. The van der Waals surface area contributed by atoms with Gasteiger partial charge in [0.2, 0.25) is 0 Å². The molecule has 1 aromatic carbocycles. The second kappa shape index (κ2) is 8.11. The van der Waals surface area contributed by atoms with Crippen LogP contribution in [0.3, 0.4) is 0 Å². The number of thiazole rings is 1. The van der Waals surface area contributed by atoms with E-state index in [4.69, 9.17) is 4.55 Å². The van der Waals surface area contributed by atoms with E-state index in [9.17, 15) is 0 Å². The van der Waals surface area contributed by atoms with Crippen molar-refractivity contribution in [3.8, 4) is 0 Å². The molecule has 0 spiro atoms. The van der Waals surface area contributed by atoms with Crippen molar-refractivity contribution in [2.45, 2.75) is 42.5 Å². The molecular formula is C13H18N2OS3. The number of benzene rings is 1. The number of hydrogen-bond donors (Lipinski definition) is 3. The summed E-state index contributed by atoms with van der Waals surface area (Å²) < 4.78 is 13.5. The lowest BCUT2D eigenvalue weighted by atomic mass is 9.96. The summed E-state index contributed by atoms with van der Waals surface area (Å²) in [4.78, 5) is 4.16. The maximum atomic E-state index is 8.70. The van der Waals surface area contributed by atoms with E-state index < -0.39 is 0 Å². The molecule has 1 aliphatic carbocycles. The van der Waals surface area contributed by atoms with Crippen LogP contribution < -0.4 is 4.72 Å². The minimum absolute atomic E-state index is 0.700. The highest BCUT2D eigenvalue weighted by atomic mass is 32.2. The molecule has 104 valence electrons. The number of nitrogens with one attached hydrogen (secondary N) is 1. The predicted molar refractivity (Wildman–Crippen MR) is 87.1 cm³/mol. The monoisotopic (exact) mass is 314 g/mol. The molecule has 3 rings (SSSR count). The van der Waals surface area contributed by atoms with Crippen LogP contribution in [0.1, 0.15) is 32.1 Å². The second-order valence-corrected chi connectivity index (χ2v) is 6.62. The molecule has 0 atom stereocenters. The van der Waals surface area contributed by atoms with Crippen molar-refractivity contribution in [2.24, 2.45) is 0 Å². The van der Waals surface area contributed by atoms with Gasteiger partial charge < -0.3 is 4.55 Å². The molecule has 0 radical (unpaired) electrons. The molecule has 19 heavy (non-hydrogen) atoms. The van der Waals surface area contributed by atoms with Gasteiger partial charge in [-0.25, -0.2) is 4.98 Å². The fraction of sp³-hybridized carbons (Fsp3) is 0.462. The fourth-order valence-corrected chi connectivity index (χ4v) is 3.63. The number of para-hydroxylation sites is 1. The molecule has 2 N–H and O–H groups in total. The van der Waals surface area contributed by atoms with Crippen molar-refractivity contribution in [1.29, 1.82) is 0 Å². The standard InChI is InChI=1S/C7H5NOS2.C6H13NS/c9-11-7-8-5-3-1-2-4-6(5)10-7;8-7-6-4-2-1-3-5-6/h1-4,9H;6-8H,1-5H2. The molecule has 3 nitrogen and oxygen atoms in total. The van der Waals surface area contributed by atoms with Gasteiger partial charge in [0, 0.05) is 6.04 Å². The Morgan fingerprint density at radius 2 is 2.00 bits per heavy atom. The van der Waals surface area contributed by atoms with E-state index in [1.807, 2.05) is 24.3 Å². The first-order valence-electron chi connectivity index (χ1n) is 6.40. The third kappa shape index (κ3) is 4.65. The molecule has 0 aliphatic heterocycles. The van der Waals surface area contributed by atoms with Crippen molar-refractivity contribution >= 4 is 46.4 Å². The zero-order valence-electron chi connectivity index (χ0n) is 10.6. The van der Waals surface area contributed by atoms with E-state index >= 15 is 0 Å². The molecule has 1 saturated carbocycles. The van der Waals surface area contributed by atoms with E-state index in [1.165, 1.54) is 43.4 Å². The van der Waals surface area contributed by atoms with Gasteiger partial charge in [0.05, 0.1) is 22.3 Å². The van der Waals surface area contributed by atoms with Gasteiger partial charge in [-0.2, -0.15) is 0 Å². The van der Waals surface area contributed by atoms with Gasteiger partial charge in [0.1, 0.15) is 0 Å². The zero-order valence-corrected chi connectivity index (χ0v) is 13.1. The first-order chi connectivity index (χ1) is 9.33. The van der Waals surface area contributed by atoms with Crippen LogP contribution in [0.15, 0.2) is 28.6 Å². The largest absolute Gasteiger partial charge is 0.324 e. The van der Waals surface area contributed by atoms with Crippen LogP contribution in [0.25, 0.3) is 10.2 Å². The Balaban J connectivity index is 0.000000148. The van der Waals surface area contributed by atoms with Gasteiger partial charge in [-0.05, 0) is 25.0 Å². The van der Waals surface area contributed by atoms with Crippen molar-refractivity contribution in [3.05, 3.63) is 24.3 Å². The summed E-state index contributed by atoms with van der Waals surface area (Å²) in [6.07, 6.45) is 6.84. The van der Waals surface area contributed by atoms with Crippen LogP contribution in [-0.2, 0) is 0 Å². The van der Waals surface area contributed by atoms with Crippen LogP contribution in [0.2, 0.25) is 0 Å². The molecule has 1 aromatic heterocycles. The Morgan fingerprint density at radius 1 is 1.26 bits per heavy atom. The second-order valence-electron chi connectivity index (χ2n) is 4.50. The summed E-state index contributed by atoms with van der Waals surface area (Å²) in [5.74, 6) is 0. The van der Waals surface area contributed by atoms with Crippen LogP contribution >= 0.6 is 36.2 Å². The minimum Gasteiger partial charge on any atom is -0.324 e.